The second kappa shape index (κ2) is 18.2. The minimum atomic E-state index is -1.54. The van der Waals surface area contributed by atoms with Crippen molar-refractivity contribution in [3.05, 3.63) is 34.9 Å². The first-order valence-electron chi connectivity index (χ1n) is 16.6. The van der Waals surface area contributed by atoms with Crippen molar-refractivity contribution in [1.29, 1.82) is 5.26 Å². The molecule has 2 fully saturated rings. The van der Waals surface area contributed by atoms with Crippen molar-refractivity contribution in [2.45, 2.75) is 166 Å². The standard InChI is InChI=1S/C35H51F2NO4/c1-3-5-7-9-11-32(36)34(39)41-29-18-13-25(14-19-29)27-17-22-31(28(23-27)24-38)26-15-20-30(21-16-26)42-35(40)33(37)12-10-8-6-4-2/h17,22-23,25-26,29-30,32-33H,3-16,18-21H2,1-2H3/t25-,26-,29-,30-,32-,33-/m0/s1. The highest BCUT2D eigenvalue weighted by molar-refractivity contribution is 5.75. The Morgan fingerprint density at radius 1 is 0.762 bits per heavy atom. The minimum Gasteiger partial charge on any atom is -0.460 e. The van der Waals surface area contributed by atoms with Crippen LogP contribution >= 0.6 is 0 Å². The van der Waals surface area contributed by atoms with E-state index < -0.39 is 24.3 Å². The molecule has 0 radical (unpaired) electrons. The summed E-state index contributed by atoms with van der Waals surface area (Å²) in [6, 6.07) is 8.56. The van der Waals surface area contributed by atoms with E-state index >= 15 is 0 Å². The second-order valence-corrected chi connectivity index (χ2v) is 12.4. The molecule has 42 heavy (non-hydrogen) atoms. The van der Waals surface area contributed by atoms with Crippen molar-refractivity contribution in [2.75, 3.05) is 0 Å². The largest absolute Gasteiger partial charge is 0.460 e. The van der Waals surface area contributed by atoms with Gasteiger partial charge in [-0.3, -0.25) is 0 Å². The molecule has 0 N–H and O–H groups in total. The number of alkyl halides is 2. The molecule has 0 aliphatic heterocycles. The number of unbranched alkanes of at least 4 members (excludes halogenated alkanes) is 6. The molecule has 5 nitrogen and oxygen atoms in total. The Balaban J connectivity index is 1.44. The summed E-state index contributed by atoms with van der Waals surface area (Å²) in [6.07, 6.45) is 10.4. The SMILES string of the molecule is CCCCCC[C@H](F)C(=O)O[C@H]1CC[C@H](c2ccc([C@H]3CC[C@H](OC(=O)[C@@H](F)CCCCCC)CC3)c(C#N)c2)CC1. The highest BCUT2D eigenvalue weighted by atomic mass is 19.1. The molecule has 1 aromatic rings. The fourth-order valence-electron chi connectivity index (χ4n) is 6.50. The number of hydrogen-bond donors (Lipinski definition) is 0. The van der Waals surface area contributed by atoms with Gasteiger partial charge in [0.15, 0.2) is 12.3 Å². The van der Waals surface area contributed by atoms with Gasteiger partial charge in [-0.1, -0.05) is 64.5 Å². The number of esters is 2. The molecule has 2 aliphatic rings. The van der Waals surface area contributed by atoms with Crippen LogP contribution in [0.2, 0.25) is 0 Å². The molecule has 2 atom stereocenters. The summed E-state index contributed by atoms with van der Waals surface area (Å²) < 4.78 is 39.4. The van der Waals surface area contributed by atoms with Gasteiger partial charge >= 0.3 is 11.9 Å². The molecule has 0 heterocycles. The van der Waals surface area contributed by atoms with E-state index in [9.17, 15) is 23.6 Å². The van der Waals surface area contributed by atoms with Gasteiger partial charge in [-0.05, 0) is 106 Å². The van der Waals surface area contributed by atoms with Crippen LogP contribution < -0.4 is 0 Å². The van der Waals surface area contributed by atoms with E-state index in [2.05, 4.69) is 32.0 Å². The van der Waals surface area contributed by atoms with Gasteiger partial charge in [0.1, 0.15) is 12.2 Å². The zero-order valence-corrected chi connectivity index (χ0v) is 25.8. The fourth-order valence-corrected chi connectivity index (χ4v) is 6.50. The Morgan fingerprint density at radius 3 is 1.69 bits per heavy atom. The van der Waals surface area contributed by atoms with E-state index in [1.54, 1.807) is 0 Å². The van der Waals surface area contributed by atoms with Crippen LogP contribution in [0.25, 0.3) is 0 Å². The fraction of sp³-hybridized carbons (Fsp3) is 0.743. The first-order valence-corrected chi connectivity index (χ1v) is 16.6. The van der Waals surface area contributed by atoms with Crippen molar-refractivity contribution in [2.24, 2.45) is 0 Å². The predicted octanol–water partition coefficient (Wildman–Crippen LogP) is 9.31. The number of halogens is 2. The van der Waals surface area contributed by atoms with Gasteiger partial charge in [-0.2, -0.15) is 5.26 Å². The number of rotatable bonds is 16. The molecule has 0 aromatic heterocycles. The topological polar surface area (TPSA) is 76.4 Å². The summed E-state index contributed by atoms with van der Waals surface area (Å²) in [5.74, 6) is -0.956. The highest BCUT2D eigenvalue weighted by Crippen LogP contribution is 2.39. The summed E-state index contributed by atoms with van der Waals surface area (Å²) in [7, 11) is 0. The molecule has 0 amide bonds. The summed E-state index contributed by atoms with van der Waals surface area (Å²) in [4.78, 5) is 24.4. The lowest BCUT2D eigenvalue weighted by Crippen LogP contribution is -2.29. The van der Waals surface area contributed by atoms with E-state index in [-0.39, 0.29) is 36.9 Å². The Labute approximate surface area is 251 Å². The molecule has 0 saturated heterocycles. The maximum absolute atomic E-state index is 14.2. The van der Waals surface area contributed by atoms with E-state index in [0.29, 0.717) is 44.1 Å². The van der Waals surface area contributed by atoms with Crippen LogP contribution in [0.5, 0.6) is 0 Å². The maximum atomic E-state index is 14.2. The number of ether oxygens (including phenoxy) is 2. The van der Waals surface area contributed by atoms with Crippen molar-refractivity contribution >= 4 is 11.9 Å². The van der Waals surface area contributed by atoms with Crippen LogP contribution in [-0.2, 0) is 19.1 Å². The molecule has 1 aromatic carbocycles. The maximum Gasteiger partial charge on any atom is 0.340 e. The zero-order valence-electron chi connectivity index (χ0n) is 25.8. The first-order chi connectivity index (χ1) is 20.4. The molecule has 0 unspecified atom stereocenters. The average molecular weight is 588 g/mol. The molecule has 2 aliphatic carbocycles. The van der Waals surface area contributed by atoms with Gasteiger partial charge in [0.2, 0.25) is 0 Å². The third kappa shape index (κ3) is 10.7. The zero-order chi connectivity index (χ0) is 30.3. The number of nitrogens with zero attached hydrogens (tertiary/aromatic N) is 1. The summed E-state index contributed by atoms with van der Waals surface area (Å²) in [5, 5.41) is 9.94. The molecule has 0 spiro atoms. The van der Waals surface area contributed by atoms with E-state index in [1.807, 2.05) is 6.07 Å². The van der Waals surface area contributed by atoms with Gasteiger partial charge in [0, 0.05) is 0 Å². The first kappa shape index (κ1) is 34.0. The van der Waals surface area contributed by atoms with Crippen LogP contribution in [0, 0.1) is 11.3 Å². The van der Waals surface area contributed by atoms with Crippen molar-refractivity contribution < 1.29 is 27.8 Å². The Bertz CT molecular complexity index is 1010. The predicted molar refractivity (Wildman–Crippen MR) is 161 cm³/mol. The lowest BCUT2D eigenvalue weighted by molar-refractivity contribution is -0.157. The number of carbonyl (C=O) groups excluding carboxylic acids is 2. The number of benzene rings is 1. The molecule has 3 rings (SSSR count). The molecular formula is C35H51F2NO4. The second-order valence-electron chi connectivity index (χ2n) is 12.4. The van der Waals surface area contributed by atoms with E-state index in [4.69, 9.17) is 9.47 Å². The average Bonchev–Trinajstić information content (AvgIpc) is 3.01. The summed E-state index contributed by atoms with van der Waals surface area (Å²) in [5.41, 5.74) is 2.83. The van der Waals surface area contributed by atoms with Gasteiger partial charge in [-0.15, -0.1) is 0 Å². The normalized spacial score (nSPS) is 23.9. The third-order valence-corrected chi connectivity index (χ3v) is 9.16. The Kier molecular flexibility index (Phi) is 14.8. The lowest BCUT2D eigenvalue weighted by atomic mass is 9.78. The Morgan fingerprint density at radius 2 is 1.24 bits per heavy atom. The quantitative estimate of drug-likeness (QED) is 0.142. The van der Waals surface area contributed by atoms with Crippen molar-refractivity contribution in [1.82, 2.24) is 0 Å². The van der Waals surface area contributed by atoms with Crippen LogP contribution in [0.1, 0.15) is 158 Å². The summed E-state index contributed by atoms with van der Waals surface area (Å²) >= 11 is 0. The van der Waals surface area contributed by atoms with Crippen LogP contribution in [0.4, 0.5) is 8.78 Å². The number of carbonyl (C=O) groups is 2. The molecular weight excluding hydrogens is 536 g/mol. The smallest absolute Gasteiger partial charge is 0.340 e. The van der Waals surface area contributed by atoms with Gasteiger partial charge in [0.25, 0.3) is 0 Å². The van der Waals surface area contributed by atoms with Crippen LogP contribution in [0.15, 0.2) is 18.2 Å². The molecule has 7 heteroatoms. The molecule has 234 valence electrons. The van der Waals surface area contributed by atoms with E-state index in [0.717, 1.165) is 75.3 Å². The number of nitriles is 1. The lowest BCUT2D eigenvalue weighted by Gasteiger charge is -2.31. The van der Waals surface area contributed by atoms with Gasteiger partial charge in [-0.25, -0.2) is 18.4 Å². The van der Waals surface area contributed by atoms with E-state index in [1.165, 1.54) is 0 Å². The third-order valence-electron chi connectivity index (χ3n) is 9.16. The number of hydrogen-bond acceptors (Lipinski definition) is 5. The van der Waals surface area contributed by atoms with Crippen LogP contribution in [-0.4, -0.2) is 36.5 Å². The monoisotopic (exact) mass is 587 g/mol. The van der Waals surface area contributed by atoms with Crippen molar-refractivity contribution in [3.8, 4) is 6.07 Å². The highest BCUT2D eigenvalue weighted by Gasteiger charge is 2.31. The van der Waals surface area contributed by atoms with Gasteiger partial charge < -0.3 is 9.47 Å². The van der Waals surface area contributed by atoms with Crippen molar-refractivity contribution in [3.63, 3.8) is 0 Å². The summed E-state index contributed by atoms with van der Waals surface area (Å²) in [6.45, 7) is 4.20. The molecule has 0 bridgehead atoms. The Hall–Kier alpha value is -2.49. The van der Waals surface area contributed by atoms with Gasteiger partial charge in [0.05, 0.1) is 11.6 Å². The molecule has 2 saturated carbocycles. The minimum absolute atomic E-state index is 0.213. The van der Waals surface area contributed by atoms with Crippen LogP contribution in [0.3, 0.4) is 0 Å².